The summed E-state index contributed by atoms with van der Waals surface area (Å²) >= 11 is 0. The molecular formula is C14H21NO. The fourth-order valence-electron chi connectivity index (χ4n) is 1.32. The first kappa shape index (κ1) is 14.4. The summed E-state index contributed by atoms with van der Waals surface area (Å²) in [5.74, 6) is -0.169. The zero-order valence-corrected chi connectivity index (χ0v) is 10.6. The monoisotopic (exact) mass is 219 g/mol. The van der Waals surface area contributed by atoms with Crippen LogP contribution >= 0.6 is 0 Å². The van der Waals surface area contributed by atoms with Gasteiger partial charge in [0.25, 0.3) is 0 Å². The van der Waals surface area contributed by atoms with Crippen LogP contribution in [0.2, 0.25) is 0 Å². The number of hydrogen-bond acceptors (Lipinski definition) is 1. The summed E-state index contributed by atoms with van der Waals surface area (Å²) in [5.41, 5.74) is 0.987. The van der Waals surface area contributed by atoms with Gasteiger partial charge in [-0.25, -0.2) is 0 Å². The Morgan fingerprint density at radius 1 is 1.25 bits per heavy atom. The van der Waals surface area contributed by atoms with Crippen LogP contribution in [0.1, 0.15) is 25.3 Å². The maximum Gasteiger partial charge on any atom is 0.233 e. The van der Waals surface area contributed by atoms with E-state index in [9.17, 15) is 4.79 Å². The highest BCUT2D eigenvalue weighted by atomic mass is 16.2. The molecule has 1 amide bonds. The van der Waals surface area contributed by atoms with Crippen molar-refractivity contribution in [2.45, 2.75) is 19.8 Å². The summed E-state index contributed by atoms with van der Waals surface area (Å²) < 4.78 is 0. The Morgan fingerprint density at radius 3 is 2.12 bits per heavy atom. The van der Waals surface area contributed by atoms with Gasteiger partial charge < -0.3 is 4.90 Å². The molecule has 2 heteroatoms. The van der Waals surface area contributed by atoms with E-state index in [1.165, 1.54) is 0 Å². The van der Waals surface area contributed by atoms with Crippen molar-refractivity contribution in [2.75, 3.05) is 14.1 Å². The van der Waals surface area contributed by atoms with Crippen molar-refractivity contribution in [2.24, 2.45) is 0 Å². The van der Waals surface area contributed by atoms with Gasteiger partial charge in [0.2, 0.25) is 5.91 Å². The lowest BCUT2D eigenvalue weighted by Crippen LogP contribution is -2.27. The van der Waals surface area contributed by atoms with Gasteiger partial charge in [-0.15, -0.1) is 6.58 Å². The van der Waals surface area contributed by atoms with Crippen LogP contribution in [0.3, 0.4) is 0 Å². The van der Waals surface area contributed by atoms with Crippen molar-refractivity contribution in [3.05, 3.63) is 48.6 Å². The minimum atomic E-state index is -0.230. The smallest absolute Gasteiger partial charge is 0.233 e. The van der Waals surface area contributed by atoms with Gasteiger partial charge in [0.05, 0.1) is 5.92 Å². The maximum absolute atomic E-state index is 11.7. The number of amides is 1. The average Bonchev–Trinajstić information content (AvgIpc) is 2.33. The second kappa shape index (κ2) is 7.69. The molecule has 0 heterocycles. The molecule has 0 aromatic heterocycles. The zero-order chi connectivity index (χ0) is 12.6. The molecule has 1 rings (SSSR count). The van der Waals surface area contributed by atoms with Crippen LogP contribution < -0.4 is 0 Å². The van der Waals surface area contributed by atoms with E-state index in [4.69, 9.17) is 0 Å². The molecule has 0 spiro atoms. The number of carbonyl (C=O) groups excluding carboxylic acids is 1. The van der Waals surface area contributed by atoms with Crippen molar-refractivity contribution in [3.63, 3.8) is 0 Å². The highest BCUT2D eigenvalue weighted by Gasteiger charge is 2.17. The number of rotatable bonds is 3. The molecule has 1 aromatic rings. The van der Waals surface area contributed by atoms with Gasteiger partial charge in [-0.05, 0) is 5.56 Å². The zero-order valence-electron chi connectivity index (χ0n) is 10.6. The van der Waals surface area contributed by atoms with E-state index >= 15 is 0 Å². The van der Waals surface area contributed by atoms with Crippen LogP contribution in [0.15, 0.2) is 43.0 Å². The molecule has 0 aliphatic heterocycles. The highest BCUT2D eigenvalue weighted by molar-refractivity contribution is 5.85. The van der Waals surface area contributed by atoms with Gasteiger partial charge in [0.15, 0.2) is 0 Å². The molecule has 0 saturated heterocycles. The van der Waals surface area contributed by atoms with Crippen molar-refractivity contribution in [1.29, 1.82) is 0 Å². The Hall–Kier alpha value is -1.57. The fraction of sp³-hybridized carbons (Fsp3) is 0.357. The number of carbonyl (C=O) groups is 1. The quantitative estimate of drug-likeness (QED) is 0.715. The molecule has 0 bridgehead atoms. The van der Waals surface area contributed by atoms with Crippen LogP contribution in [0.5, 0.6) is 0 Å². The van der Waals surface area contributed by atoms with Crippen molar-refractivity contribution in [1.82, 2.24) is 4.90 Å². The Labute approximate surface area is 98.6 Å². The van der Waals surface area contributed by atoms with Crippen LogP contribution in [0.25, 0.3) is 0 Å². The molecule has 88 valence electrons. The molecule has 16 heavy (non-hydrogen) atoms. The van der Waals surface area contributed by atoms with Gasteiger partial charge >= 0.3 is 0 Å². The van der Waals surface area contributed by atoms with Crippen LogP contribution in [0, 0.1) is 0 Å². The predicted octanol–water partition coefficient (Wildman–Crippen LogP) is 3.07. The highest BCUT2D eigenvalue weighted by Crippen LogP contribution is 2.18. The molecule has 0 saturated carbocycles. The minimum Gasteiger partial charge on any atom is -0.348 e. The van der Waals surface area contributed by atoms with E-state index < -0.39 is 0 Å². The Bertz CT molecular complexity index is 317. The summed E-state index contributed by atoms with van der Waals surface area (Å²) in [4.78, 5) is 13.3. The molecule has 0 fully saturated rings. The Morgan fingerprint density at radius 2 is 1.75 bits per heavy atom. The minimum absolute atomic E-state index is 0.0613. The third-order valence-corrected chi connectivity index (χ3v) is 2.10. The van der Waals surface area contributed by atoms with Gasteiger partial charge in [-0.3, -0.25) is 4.79 Å². The first-order valence-electron chi connectivity index (χ1n) is 5.55. The number of hydrogen-bond donors (Lipinski definition) is 0. The first-order valence-corrected chi connectivity index (χ1v) is 5.55. The average molecular weight is 219 g/mol. The van der Waals surface area contributed by atoms with Crippen molar-refractivity contribution >= 4 is 5.91 Å². The lowest BCUT2D eigenvalue weighted by Gasteiger charge is -2.17. The van der Waals surface area contributed by atoms with Crippen molar-refractivity contribution in [3.8, 4) is 0 Å². The van der Waals surface area contributed by atoms with E-state index in [1.807, 2.05) is 44.2 Å². The standard InChI is InChI=1S/C12H15NO.C2H6/c1-4-11(12(14)13(2)3)10-8-6-5-7-9-10;1-2/h4-9,11H,1H2,2-3H3;1-2H3. The van der Waals surface area contributed by atoms with Crippen LogP contribution in [-0.2, 0) is 4.79 Å². The van der Waals surface area contributed by atoms with Gasteiger partial charge in [-0.1, -0.05) is 50.3 Å². The lowest BCUT2D eigenvalue weighted by molar-refractivity contribution is -0.129. The summed E-state index contributed by atoms with van der Waals surface area (Å²) in [6.07, 6.45) is 1.68. The van der Waals surface area contributed by atoms with Gasteiger partial charge in [0.1, 0.15) is 0 Å². The normalized spacial score (nSPS) is 10.8. The second-order valence-corrected chi connectivity index (χ2v) is 3.36. The largest absolute Gasteiger partial charge is 0.348 e. The lowest BCUT2D eigenvalue weighted by atomic mass is 9.98. The van der Waals surface area contributed by atoms with E-state index in [2.05, 4.69) is 6.58 Å². The fourth-order valence-corrected chi connectivity index (χ4v) is 1.32. The summed E-state index contributed by atoms with van der Waals surface area (Å²) in [6, 6.07) is 9.66. The van der Waals surface area contributed by atoms with E-state index in [0.717, 1.165) is 5.56 Å². The third-order valence-electron chi connectivity index (χ3n) is 2.10. The topological polar surface area (TPSA) is 20.3 Å². The Kier molecular flexibility index (Phi) is 6.93. The number of benzene rings is 1. The maximum atomic E-state index is 11.7. The summed E-state index contributed by atoms with van der Waals surface area (Å²) in [5, 5.41) is 0. The van der Waals surface area contributed by atoms with E-state index in [-0.39, 0.29) is 11.8 Å². The van der Waals surface area contributed by atoms with E-state index in [0.29, 0.717) is 0 Å². The molecule has 0 radical (unpaired) electrons. The second-order valence-electron chi connectivity index (χ2n) is 3.36. The van der Waals surface area contributed by atoms with Crippen LogP contribution in [0.4, 0.5) is 0 Å². The van der Waals surface area contributed by atoms with Gasteiger partial charge in [0, 0.05) is 14.1 Å². The number of likely N-dealkylation sites (N-methyl/N-ethyl adjacent to an activating group) is 1. The van der Waals surface area contributed by atoms with Crippen LogP contribution in [-0.4, -0.2) is 24.9 Å². The molecule has 0 N–H and O–H groups in total. The molecule has 0 aliphatic carbocycles. The molecule has 2 nitrogen and oxygen atoms in total. The SMILES string of the molecule is C=CC(C(=O)N(C)C)c1ccccc1.CC. The molecule has 1 aromatic carbocycles. The third kappa shape index (κ3) is 3.89. The molecular weight excluding hydrogens is 198 g/mol. The van der Waals surface area contributed by atoms with Gasteiger partial charge in [-0.2, -0.15) is 0 Å². The molecule has 1 atom stereocenters. The molecule has 1 unspecified atom stereocenters. The first-order chi connectivity index (χ1) is 7.66. The predicted molar refractivity (Wildman–Crippen MR) is 69.4 cm³/mol. The summed E-state index contributed by atoms with van der Waals surface area (Å²) in [7, 11) is 3.50. The Balaban J connectivity index is 0.00000106. The summed E-state index contributed by atoms with van der Waals surface area (Å²) in [6.45, 7) is 7.69. The molecule has 0 aliphatic rings. The van der Waals surface area contributed by atoms with E-state index in [1.54, 1.807) is 25.1 Å². The van der Waals surface area contributed by atoms with Crippen molar-refractivity contribution < 1.29 is 4.79 Å². The number of nitrogens with zero attached hydrogens (tertiary/aromatic N) is 1.